The molecule has 30 heavy (non-hydrogen) atoms. The van der Waals surface area contributed by atoms with Crippen LogP contribution in [0.25, 0.3) is 16.6 Å². The number of aromatic nitrogens is 2. The molecule has 1 aromatic heterocycles. The fourth-order valence-electron chi connectivity index (χ4n) is 3.06. The largest absolute Gasteiger partial charge is 0.325 e. The second-order valence-electron chi connectivity index (χ2n) is 6.68. The van der Waals surface area contributed by atoms with Crippen molar-refractivity contribution in [3.8, 4) is 5.69 Å². The minimum absolute atomic E-state index is 0.0698. The second kappa shape index (κ2) is 8.51. The predicted molar refractivity (Wildman–Crippen MR) is 118 cm³/mol. The summed E-state index contributed by atoms with van der Waals surface area (Å²) in [6.07, 6.45) is 0. The second-order valence-corrected chi connectivity index (χ2v) is 7.62. The highest BCUT2D eigenvalue weighted by atomic mass is 32.2. The Labute approximate surface area is 176 Å². The van der Waals surface area contributed by atoms with Crippen molar-refractivity contribution in [2.24, 2.45) is 0 Å². The van der Waals surface area contributed by atoms with E-state index in [1.807, 2.05) is 31.2 Å². The topological polar surface area (TPSA) is 64.0 Å². The number of rotatable bonds is 5. The van der Waals surface area contributed by atoms with Crippen molar-refractivity contribution in [3.05, 3.63) is 94.5 Å². The Morgan fingerprint density at radius 1 is 1.03 bits per heavy atom. The van der Waals surface area contributed by atoms with Crippen molar-refractivity contribution in [2.45, 2.75) is 12.1 Å². The molecular weight excluding hydrogens is 401 g/mol. The van der Waals surface area contributed by atoms with Crippen LogP contribution in [-0.2, 0) is 4.79 Å². The zero-order chi connectivity index (χ0) is 21.1. The van der Waals surface area contributed by atoms with Gasteiger partial charge in [0.25, 0.3) is 5.56 Å². The van der Waals surface area contributed by atoms with Gasteiger partial charge in [0.2, 0.25) is 5.91 Å². The van der Waals surface area contributed by atoms with E-state index in [2.05, 4.69) is 10.3 Å². The van der Waals surface area contributed by atoms with Gasteiger partial charge < -0.3 is 5.32 Å². The van der Waals surface area contributed by atoms with Crippen LogP contribution >= 0.6 is 11.8 Å². The minimum atomic E-state index is -0.396. The normalized spacial score (nSPS) is 10.9. The Morgan fingerprint density at radius 3 is 2.50 bits per heavy atom. The number of nitrogens with zero attached hydrogens (tertiary/aromatic N) is 2. The maximum absolute atomic E-state index is 13.4. The highest BCUT2D eigenvalue weighted by Crippen LogP contribution is 2.22. The Morgan fingerprint density at radius 2 is 1.73 bits per heavy atom. The minimum Gasteiger partial charge on any atom is -0.325 e. The molecule has 0 saturated carbocycles. The maximum Gasteiger partial charge on any atom is 0.266 e. The summed E-state index contributed by atoms with van der Waals surface area (Å²) in [7, 11) is 0. The van der Waals surface area contributed by atoms with E-state index in [9.17, 15) is 14.0 Å². The molecule has 1 heterocycles. The Bertz CT molecular complexity index is 1290. The van der Waals surface area contributed by atoms with Crippen molar-refractivity contribution >= 4 is 34.3 Å². The Kier molecular flexibility index (Phi) is 5.63. The van der Waals surface area contributed by atoms with Crippen molar-refractivity contribution in [1.82, 2.24) is 9.55 Å². The fourth-order valence-corrected chi connectivity index (χ4v) is 3.87. The van der Waals surface area contributed by atoms with Gasteiger partial charge in [-0.2, -0.15) is 0 Å². The molecule has 4 rings (SSSR count). The molecule has 3 aromatic carbocycles. The van der Waals surface area contributed by atoms with Crippen LogP contribution in [0.5, 0.6) is 0 Å². The molecule has 0 spiro atoms. The number of aryl methyl sites for hydroxylation is 1. The highest BCUT2D eigenvalue weighted by Gasteiger charge is 2.15. The van der Waals surface area contributed by atoms with E-state index in [1.165, 1.54) is 28.8 Å². The Balaban J connectivity index is 1.68. The number of para-hydroxylation sites is 2. The lowest BCUT2D eigenvalue weighted by atomic mass is 10.2. The molecule has 1 amide bonds. The number of hydrogen-bond acceptors (Lipinski definition) is 4. The summed E-state index contributed by atoms with van der Waals surface area (Å²) in [5.41, 5.74) is 2.46. The zero-order valence-electron chi connectivity index (χ0n) is 16.1. The molecule has 0 atom stereocenters. The molecule has 7 heteroatoms. The van der Waals surface area contributed by atoms with Crippen LogP contribution in [0.15, 0.2) is 82.7 Å². The molecule has 0 bridgehead atoms. The van der Waals surface area contributed by atoms with E-state index in [0.29, 0.717) is 21.7 Å². The number of hydrogen-bond donors (Lipinski definition) is 1. The van der Waals surface area contributed by atoms with Crippen LogP contribution in [0.3, 0.4) is 0 Å². The lowest BCUT2D eigenvalue weighted by Crippen LogP contribution is -2.23. The number of halogens is 1. The Hall–Kier alpha value is -3.45. The standard InChI is InChI=1S/C23H18FN3O2S/c1-15-6-2-4-8-19(15)25-21(28)14-30-23-26-20-9-5-3-7-18(20)22(29)27(23)17-12-10-16(24)11-13-17/h2-13H,14H2,1H3,(H,25,28). The first kappa shape index (κ1) is 19.8. The molecule has 150 valence electrons. The van der Waals surface area contributed by atoms with Crippen LogP contribution in [0.2, 0.25) is 0 Å². The fraction of sp³-hybridized carbons (Fsp3) is 0.0870. The van der Waals surface area contributed by atoms with E-state index in [-0.39, 0.29) is 17.2 Å². The van der Waals surface area contributed by atoms with Crippen molar-refractivity contribution < 1.29 is 9.18 Å². The van der Waals surface area contributed by atoms with Gasteiger partial charge in [0.15, 0.2) is 5.16 Å². The SMILES string of the molecule is Cc1ccccc1NC(=O)CSc1nc2ccccc2c(=O)n1-c1ccc(F)cc1. The number of anilines is 1. The zero-order valence-corrected chi connectivity index (χ0v) is 16.9. The lowest BCUT2D eigenvalue weighted by molar-refractivity contribution is -0.113. The molecule has 0 unspecified atom stereocenters. The molecule has 0 aliphatic heterocycles. The third kappa shape index (κ3) is 4.11. The van der Waals surface area contributed by atoms with Crippen LogP contribution in [0, 0.1) is 12.7 Å². The van der Waals surface area contributed by atoms with E-state index in [1.54, 1.807) is 24.3 Å². The first-order valence-corrected chi connectivity index (χ1v) is 10.3. The van der Waals surface area contributed by atoms with Crippen LogP contribution < -0.4 is 10.9 Å². The van der Waals surface area contributed by atoms with Crippen LogP contribution in [0.1, 0.15) is 5.56 Å². The van der Waals surface area contributed by atoms with Gasteiger partial charge in [0.1, 0.15) is 5.82 Å². The average Bonchev–Trinajstić information content (AvgIpc) is 2.75. The number of carbonyl (C=O) groups excluding carboxylic acids is 1. The number of fused-ring (bicyclic) bond motifs is 1. The summed E-state index contributed by atoms with van der Waals surface area (Å²) in [6, 6.07) is 20.1. The summed E-state index contributed by atoms with van der Waals surface area (Å²) >= 11 is 1.15. The number of thioether (sulfide) groups is 1. The molecule has 0 aliphatic rings. The number of carbonyl (C=O) groups is 1. The molecule has 0 saturated heterocycles. The van der Waals surface area contributed by atoms with Crippen molar-refractivity contribution in [3.63, 3.8) is 0 Å². The van der Waals surface area contributed by atoms with Crippen LogP contribution in [0.4, 0.5) is 10.1 Å². The monoisotopic (exact) mass is 419 g/mol. The van der Waals surface area contributed by atoms with Gasteiger partial charge in [-0.15, -0.1) is 0 Å². The van der Waals surface area contributed by atoms with Gasteiger partial charge in [-0.25, -0.2) is 9.37 Å². The molecular formula is C23H18FN3O2S. The van der Waals surface area contributed by atoms with E-state index >= 15 is 0 Å². The van der Waals surface area contributed by atoms with E-state index < -0.39 is 5.82 Å². The lowest BCUT2D eigenvalue weighted by Gasteiger charge is -2.13. The molecule has 0 fully saturated rings. The van der Waals surface area contributed by atoms with Crippen molar-refractivity contribution in [2.75, 3.05) is 11.1 Å². The van der Waals surface area contributed by atoms with Gasteiger partial charge in [0.05, 0.1) is 22.3 Å². The molecule has 1 N–H and O–H groups in total. The molecule has 0 aliphatic carbocycles. The van der Waals surface area contributed by atoms with Gasteiger partial charge in [-0.1, -0.05) is 42.1 Å². The molecule has 4 aromatic rings. The number of nitrogens with one attached hydrogen (secondary N) is 1. The average molecular weight is 419 g/mol. The van der Waals surface area contributed by atoms with Gasteiger partial charge in [-0.05, 0) is 55.0 Å². The first-order valence-electron chi connectivity index (χ1n) is 9.29. The van der Waals surface area contributed by atoms with E-state index in [0.717, 1.165) is 23.0 Å². The van der Waals surface area contributed by atoms with Crippen molar-refractivity contribution in [1.29, 1.82) is 0 Å². The van der Waals surface area contributed by atoms with E-state index in [4.69, 9.17) is 0 Å². The summed E-state index contributed by atoms with van der Waals surface area (Å²) in [5, 5.41) is 3.69. The quantitative estimate of drug-likeness (QED) is 0.380. The van der Waals surface area contributed by atoms with Gasteiger partial charge in [-0.3, -0.25) is 14.2 Å². The summed E-state index contributed by atoms with van der Waals surface area (Å²) in [4.78, 5) is 30.2. The number of amides is 1. The molecule has 0 radical (unpaired) electrons. The summed E-state index contributed by atoms with van der Waals surface area (Å²) in [6.45, 7) is 1.92. The summed E-state index contributed by atoms with van der Waals surface area (Å²) in [5.74, 6) is -0.532. The van der Waals surface area contributed by atoms with Gasteiger partial charge >= 0.3 is 0 Å². The first-order chi connectivity index (χ1) is 14.5. The maximum atomic E-state index is 13.4. The third-order valence-electron chi connectivity index (χ3n) is 4.58. The van der Waals surface area contributed by atoms with Crippen LogP contribution in [-0.4, -0.2) is 21.2 Å². The predicted octanol–water partition coefficient (Wildman–Crippen LogP) is 4.56. The summed E-state index contributed by atoms with van der Waals surface area (Å²) < 4.78 is 14.8. The number of benzene rings is 3. The smallest absolute Gasteiger partial charge is 0.266 e. The highest BCUT2D eigenvalue weighted by molar-refractivity contribution is 7.99. The third-order valence-corrected chi connectivity index (χ3v) is 5.52. The molecule has 5 nitrogen and oxygen atoms in total. The van der Waals surface area contributed by atoms with Gasteiger partial charge in [0, 0.05) is 5.69 Å².